The molecule has 2 heterocycles. The van der Waals surface area contributed by atoms with Crippen LogP contribution in [-0.4, -0.2) is 27.1 Å². The average Bonchev–Trinajstić information content (AvgIpc) is 3.18. The van der Waals surface area contributed by atoms with Crippen molar-refractivity contribution in [1.29, 1.82) is 0 Å². The van der Waals surface area contributed by atoms with Crippen LogP contribution < -0.4 is 16.3 Å². The SMILES string of the molecule is C=C1C=NC(N)=c2c(-c3cccc(O)c3)cn(-c3ccc(CC/C(C)=C\CCC(O)CCC)cc3)c2=C1. The van der Waals surface area contributed by atoms with E-state index in [0.717, 1.165) is 71.5 Å². The highest BCUT2D eigenvalue weighted by molar-refractivity contribution is 5.92. The molecule has 4 N–H and O–H groups in total. The van der Waals surface area contributed by atoms with Gasteiger partial charge >= 0.3 is 0 Å². The zero-order chi connectivity index (χ0) is 26.4. The van der Waals surface area contributed by atoms with Gasteiger partial charge in [0.2, 0.25) is 0 Å². The smallest absolute Gasteiger partial charge is 0.133 e. The van der Waals surface area contributed by atoms with Crippen molar-refractivity contribution in [3.8, 4) is 22.6 Å². The van der Waals surface area contributed by atoms with Crippen molar-refractivity contribution in [1.82, 2.24) is 4.57 Å². The predicted molar refractivity (Wildman–Crippen MR) is 154 cm³/mol. The summed E-state index contributed by atoms with van der Waals surface area (Å²) in [7, 11) is 0. The molecule has 0 aliphatic carbocycles. The summed E-state index contributed by atoms with van der Waals surface area (Å²) < 4.78 is 2.11. The lowest BCUT2D eigenvalue weighted by Gasteiger charge is -2.08. The Bertz CT molecular complexity index is 1440. The number of nitrogens with two attached hydrogens (primary N) is 1. The molecule has 3 aromatic rings. The minimum absolute atomic E-state index is 0.188. The number of fused-ring (bicyclic) bond motifs is 1. The van der Waals surface area contributed by atoms with E-state index in [4.69, 9.17) is 5.73 Å². The maximum absolute atomic E-state index is 10.1. The molecular weight excluding hydrogens is 458 g/mol. The normalized spacial score (nSPS) is 14.3. The first-order chi connectivity index (χ1) is 17.9. The van der Waals surface area contributed by atoms with Crippen molar-refractivity contribution in [2.45, 2.75) is 58.5 Å². The maximum Gasteiger partial charge on any atom is 0.133 e. The monoisotopic (exact) mass is 495 g/mol. The Morgan fingerprint density at radius 3 is 2.68 bits per heavy atom. The lowest BCUT2D eigenvalue weighted by Crippen LogP contribution is -2.32. The number of benzene rings is 2. The third-order valence-corrected chi connectivity index (χ3v) is 6.79. The Hall–Kier alpha value is -3.83. The maximum atomic E-state index is 10.1. The number of aliphatic hydroxyl groups is 1. The standard InChI is InChI=1S/C32H37N3O2/c1-4-7-27(36)10-5-8-22(2)12-13-24-14-16-26(17-15-24)35-21-29(25-9-6-11-28(37)19-25)31-30(35)18-23(3)20-34-32(31)33/h6,8-9,11,14-21,27,36-37H,3-5,7,10,12-13,33H2,1-2H3/b22-8-. The molecular formula is C32H37N3O2. The summed E-state index contributed by atoms with van der Waals surface area (Å²) in [6.45, 7) is 8.36. The topological polar surface area (TPSA) is 83.8 Å². The predicted octanol–water partition coefficient (Wildman–Crippen LogP) is 5.12. The number of aromatic hydroxyl groups is 1. The van der Waals surface area contributed by atoms with E-state index in [-0.39, 0.29) is 11.9 Å². The Labute approximate surface area is 219 Å². The Morgan fingerprint density at radius 1 is 1.16 bits per heavy atom. The highest BCUT2D eigenvalue weighted by atomic mass is 16.3. The number of aryl methyl sites for hydroxylation is 1. The van der Waals surface area contributed by atoms with Crippen molar-refractivity contribution >= 4 is 18.1 Å². The van der Waals surface area contributed by atoms with Gasteiger partial charge < -0.3 is 20.5 Å². The fraction of sp³-hybridized carbons (Fsp3) is 0.281. The first-order valence-electron chi connectivity index (χ1n) is 13.0. The molecule has 0 saturated heterocycles. The minimum atomic E-state index is -0.188. The van der Waals surface area contributed by atoms with E-state index in [0.29, 0.717) is 5.82 Å². The van der Waals surface area contributed by atoms with Crippen LogP contribution in [0, 0.1) is 0 Å². The van der Waals surface area contributed by atoms with Crippen LogP contribution in [0.25, 0.3) is 28.7 Å². The molecule has 0 spiro atoms. The Kier molecular flexibility index (Phi) is 8.47. The number of aliphatic hydroxyl groups excluding tert-OH is 1. The summed E-state index contributed by atoms with van der Waals surface area (Å²) in [5.74, 6) is 0.622. The minimum Gasteiger partial charge on any atom is -0.508 e. The number of phenols is 1. The quantitative estimate of drug-likeness (QED) is 0.342. The number of allylic oxidation sites excluding steroid dienone is 3. The molecule has 1 aliphatic rings. The molecule has 5 nitrogen and oxygen atoms in total. The highest BCUT2D eigenvalue weighted by Crippen LogP contribution is 2.22. The molecule has 0 bridgehead atoms. The van der Waals surface area contributed by atoms with Crippen LogP contribution in [0.1, 0.15) is 51.5 Å². The van der Waals surface area contributed by atoms with Gasteiger partial charge in [-0.25, -0.2) is 4.99 Å². The van der Waals surface area contributed by atoms with Gasteiger partial charge in [-0.1, -0.05) is 55.8 Å². The van der Waals surface area contributed by atoms with Gasteiger partial charge in [0, 0.05) is 23.7 Å². The molecule has 1 atom stereocenters. The first-order valence-corrected chi connectivity index (χ1v) is 13.0. The molecule has 0 fully saturated rings. The summed E-state index contributed by atoms with van der Waals surface area (Å²) in [5, 5.41) is 21.7. The second kappa shape index (κ2) is 11.9. The first kappa shape index (κ1) is 26.2. The molecule has 2 aromatic carbocycles. The summed E-state index contributed by atoms with van der Waals surface area (Å²) in [6.07, 6.45) is 13.4. The number of hydrogen-bond acceptors (Lipinski definition) is 4. The van der Waals surface area contributed by atoms with Gasteiger partial charge in [0.1, 0.15) is 11.6 Å². The van der Waals surface area contributed by atoms with Crippen molar-refractivity contribution in [3.05, 3.63) is 94.7 Å². The Morgan fingerprint density at radius 2 is 1.95 bits per heavy atom. The van der Waals surface area contributed by atoms with Crippen molar-refractivity contribution in [2.24, 2.45) is 10.7 Å². The number of rotatable bonds is 10. The van der Waals surface area contributed by atoms with E-state index >= 15 is 0 Å². The van der Waals surface area contributed by atoms with E-state index in [1.54, 1.807) is 18.3 Å². The fourth-order valence-electron chi connectivity index (χ4n) is 4.73. The zero-order valence-corrected chi connectivity index (χ0v) is 21.8. The van der Waals surface area contributed by atoms with Gasteiger partial charge in [-0.05, 0) is 86.1 Å². The molecule has 1 aliphatic heterocycles. The van der Waals surface area contributed by atoms with E-state index in [2.05, 4.69) is 60.3 Å². The van der Waals surface area contributed by atoms with Gasteiger partial charge in [-0.3, -0.25) is 0 Å². The molecule has 0 radical (unpaired) electrons. The number of hydrogen-bond donors (Lipinski definition) is 3. The number of nitrogens with zero attached hydrogens (tertiary/aromatic N) is 2. The molecule has 5 heteroatoms. The van der Waals surface area contributed by atoms with Gasteiger partial charge in [0.05, 0.1) is 16.7 Å². The summed E-state index contributed by atoms with van der Waals surface area (Å²) in [4.78, 5) is 4.40. The lowest BCUT2D eigenvalue weighted by atomic mass is 10.0. The van der Waals surface area contributed by atoms with Gasteiger partial charge in [0.15, 0.2) is 0 Å². The number of aliphatic imine (C=N–C) groups is 1. The van der Waals surface area contributed by atoms with E-state index in [1.165, 1.54) is 11.1 Å². The molecule has 4 rings (SSSR count). The second-order valence-corrected chi connectivity index (χ2v) is 9.82. The fourth-order valence-corrected chi connectivity index (χ4v) is 4.73. The van der Waals surface area contributed by atoms with Crippen LogP contribution in [0.2, 0.25) is 0 Å². The van der Waals surface area contributed by atoms with Crippen LogP contribution in [0.5, 0.6) is 5.75 Å². The van der Waals surface area contributed by atoms with Crippen LogP contribution in [-0.2, 0) is 6.42 Å². The average molecular weight is 496 g/mol. The van der Waals surface area contributed by atoms with Crippen LogP contribution in [0.3, 0.4) is 0 Å². The van der Waals surface area contributed by atoms with Crippen LogP contribution in [0.4, 0.5) is 0 Å². The van der Waals surface area contributed by atoms with E-state index < -0.39 is 0 Å². The third kappa shape index (κ3) is 6.49. The van der Waals surface area contributed by atoms with Gasteiger partial charge in [0.25, 0.3) is 0 Å². The summed E-state index contributed by atoms with van der Waals surface area (Å²) >= 11 is 0. The number of phenolic OH excluding ortho intramolecular Hbond substituents is 1. The van der Waals surface area contributed by atoms with Gasteiger partial charge in [-0.15, -0.1) is 0 Å². The molecule has 1 aromatic heterocycles. The third-order valence-electron chi connectivity index (χ3n) is 6.79. The van der Waals surface area contributed by atoms with E-state index in [9.17, 15) is 10.2 Å². The second-order valence-electron chi connectivity index (χ2n) is 9.82. The summed E-state index contributed by atoms with van der Waals surface area (Å²) in [5.41, 5.74) is 12.6. The summed E-state index contributed by atoms with van der Waals surface area (Å²) in [6, 6.07) is 15.8. The van der Waals surface area contributed by atoms with Crippen molar-refractivity contribution < 1.29 is 10.2 Å². The highest BCUT2D eigenvalue weighted by Gasteiger charge is 2.14. The zero-order valence-electron chi connectivity index (χ0n) is 21.8. The molecule has 192 valence electrons. The van der Waals surface area contributed by atoms with Crippen molar-refractivity contribution in [3.63, 3.8) is 0 Å². The lowest BCUT2D eigenvalue weighted by molar-refractivity contribution is 0.155. The Balaban J connectivity index is 1.58. The van der Waals surface area contributed by atoms with Gasteiger partial charge in [-0.2, -0.15) is 0 Å². The van der Waals surface area contributed by atoms with Crippen LogP contribution in [0.15, 0.2) is 83.5 Å². The van der Waals surface area contributed by atoms with Crippen LogP contribution >= 0.6 is 0 Å². The largest absolute Gasteiger partial charge is 0.508 e. The molecule has 0 saturated carbocycles. The number of aromatic nitrogens is 1. The van der Waals surface area contributed by atoms with E-state index in [1.807, 2.05) is 24.4 Å². The van der Waals surface area contributed by atoms with Crippen molar-refractivity contribution in [2.75, 3.05) is 0 Å². The molecule has 1 unspecified atom stereocenters. The molecule has 0 amide bonds. The molecule has 37 heavy (non-hydrogen) atoms.